The van der Waals surface area contributed by atoms with Gasteiger partial charge in [-0.3, -0.25) is 4.68 Å². The van der Waals surface area contributed by atoms with Gasteiger partial charge in [0.1, 0.15) is 0 Å². The van der Waals surface area contributed by atoms with Gasteiger partial charge in [0.25, 0.3) is 0 Å². The van der Waals surface area contributed by atoms with Crippen molar-refractivity contribution in [2.75, 3.05) is 6.54 Å². The quantitative estimate of drug-likeness (QED) is 0.830. The van der Waals surface area contributed by atoms with E-state index in [2.05, 4.69) is 21.6 Å². The number of nitrogens with two attached hydrogens (primary N) is 1. The van der Waals surface area contributed by atoms with Crippen molar-refractivity contribution in [1.29, 1.82) is 0 Å². The lowest BCUT2D eigenvalue weighted by Crippen LogP contribution is -2.20. The molecule has 1 atom stereocenters. The molecule has 0 saturated carbocycles. The molecule has 0 aliphatic heterocycles. The molecule has 0 aromatic carbocycles. The third-order valence-electron chi connectivity index (χ3n) is 2.96. The second-order valence-electron chi connectivity index (χ2n) is 4.02. The van der Waals surface area contributed by atoms with Crippen LogP contribution in [0, 0.1) is 13.8 Å². The molecule has 2 aromatic rings. The lowest BCUT2D eigenvalue weighted by Gasteiger charge is -2.16. The Morgan fingerprint density at radius 1 is 1.44 bits per heavy atom. The maximum absolute atomic E-state index is 5.84. The largest absolute Gasteiger partial charge is 0.328 e. The minimum atomic E-state index is 0.120. The van der Waals surface area contributed by atoms with Gasteiger partial charge in [0, 0.05) is 31.0 Å². The molecule has 0 fully saturated rings. The monoisotopic (exact) mass is 219 g/mol. The van der Waals surface area contributed by atoms with Crippen LogP contribution < -0.4 is 5.73 Å². The Bertz CT molecular complexity index is 482. The average Bonchev–Trinajstić information content (AvgIpc) is 2.81. The molecule has 0 aliphatic carbocycles. The molecule has 2 heterocycles. The average molecular weight is 219 g/mol. The minimum absolute atomic E-state index is 0.120. The van der Waals surface area contributed by atoms with Gasteiger partial charge in [0.05, 0.1) is 24.3 Å². The highest BCUT2D eigenvalue weighted by atomic mass is 15.2. The van der Waals surface area contributed by atoms with Crippen LogP contribution >= 0.6 is 0 Å². The zero-order valence-corrected chi connectivity index (χ0v) is 9.88. The van der Waals surface area contributed by atoms with Crippen LogP contribution in [-0.4, -0.2) is 25.9 Å². The van der Waals surface area contributed by atoms with Gasteiger partial charge in [-0.2, -0.15) is 5.10 Å². The number of hydrogen-bond donors (Lipinski definition) is 1. The predicted octanol–water partition coefficient (Wildman–Crippen LogP) is 0.782. The van der Waals surface area contributed by atoms with E-state index in [-0.39, 0.29) is 6.04 Å². The molecule has 0 radical (unpaired) electrons. The smallest absolute Gasteiger partial charge is 0.0957 e. The highest BCUT2D eigenvalue weighted by molar-refractivity contribution is 5.18. The molecular formula is C11H17N5. The summed E-state index contributed by atoms with van der Waals surface area (Å²) in [4.78, 5) is 4.30. The van der Waals surface area contributed by atoms with Crippen LogP contribution in [0.5, 0.6) is 0 Å². The van der Waals surface area contributed by atoms with Crippen molar-refractivity contribution in [2.24, 2.45) is 12.8 Å². The van der Waals surface area contributed by atoms with Crippen molar-refractivity contribution in [3.63, 3.8) is 0 Å². The fourth-order valence-electron chi connectivity index (χ4n) is 1.85. The fourth-order valence-corrected chi connectivity index (χ4v) is 1.85. The lowest BCUT2D eigenvalue weighted by atomic mass is 10.1. The molecule has 86 valence electrons. The molecule has 0 aliphatic rings. The van der Waals surface area contributed by atoms with E-state index < -0.39 is 0 Å². The van der Waals surface area contributed by atoms with E-state index in [0.29, 0.717) is 6.54 Å². The Hall–Kier alpha value is -1.62. The van der Waals surface area contributed by atoms with Gasteiger partial charge in [-0.25, -0.2) is 4.98 Å². The van der Waals surface area contributed by atoms with Crippen LogP contribution in [-0.2, 0) is 7.05 Å². The van der Waals surface area contributed by atoms with Crippen molar-refractivity contribution in [1.82, 2.24) is 19.3 Å². The van der Waals surface area contributed by atoms with Crippen LogP contribution in [0.2, 0.25) is 0 Å². The Balaban J connectivity index is 2.40. The van der Waals surface area contributed by atoms with Gasteiger partial charge >= 0.3 is 0 Å². The summed E-state index contributed by atoms with van der Waals surface area (Å²) in [6.45, 7) is 4.60. The summed E-state index contributed by atoms with van der Waals surface area (Å²) in [6, 6.07) is 0.120. The first-order valence-corrected chi connectivity index (χ1v) is 5.32. The molecule has 16 heavy (non-hydrogen) atoms. The first kappa shape index (κ1) is 10.9. The number of aryl methyl sites for hydroxylation is 2. The molecule has 0 saturated heterocycles. The zero-order valence-electron chi connectivity index (χ0n) is 9.88. The van der Waals surface area contributed by atoms with E-state index in [1.807, 2.05) is 32.7 Å². The number of imidazole rings is 1. The van der Waals surface area contributed by atoms with Crippen molar-refractivity contribution in [2.45, 2.75) is 19.9 Å². The summed E-state index contributed by atoms with van der Waals surface area (Å²) in [7, 11) is 1.91. The van der Waals surface area contributed by atoms with Crippen LogP contribution in [0.4, 0.5) is 0 Å². The fraction of sp³-hybridized carbons (Fsp3) is 0.455. The van der Waals surface area contributed by atoms with E-state index in [0.717, 1.165) is 17.0 Å². The minimum Gasteiger partial charge on any atom is -0.328 e. The summed E-state index contributed by atoms with van der Waals surface area (Å²) in [5, 5.41) is 4.17. The second kappa shape index (κ2) is 4.09. The molecule has 2 N–H and O–H groups in total. The van der Waals surface area contributed by atoms with Crippen LogP contribution in [0.3, 0.4) is 0 Å². The molecule has 5 nitrogen and oxygen atoms in total. The van der Waals surface area contributed by atoms with Gasteiger partial charge in [-0.1, -0.05) is 0 Å². The topological polar surface area (TPSA) is 61.7 Å². The first-order valence-electron chi connectivity index (χ1n) is 5.32. The zero-order chi connectivity index (χ0) is 11.7. The molecular weight excluding hydrogens is 202 g/mol. The van der Waals surface area contributed by atoms with E-state index in [4.69, 9.17) is 5.73 Å². The molecule has 0 spiro atoms. The van der Waals surface area contributed by atoms with Crippen molar-refractivity contribution in [3.8, 4) is 0 Å². The Morgan fingerprint density at radius 2 is 2.19 bits per heavy atom. The maximum Gasteiger partial charge on any atom is 0.0957 e. The molecule has 0 amide bonds. The molecule has 1 unspecified atom stereocenters. The number of rotatable bonds is 3. The summed E-state index contributed by atoms with van der Waals surface area (Å²) in [5.74, 6) is 0. The first-order chi connectivity index (χ1) is 7.63. The van der Waals surface area contributed by atoms with Crippen LogP contribution in [0.15, 0.2) is 18.7 Å². The Morgan fingerprint density at radius 3 is 2.62 bits per heavy atom. The SMILES string of the molecule is Cc1ncn(C(CN)c2cnn(C)c2)c1C. The molecule has 0 bridgehead atoms. The molecule has 2 aromatic heterocycles. The van der Waals surface area contributed by atoms with Crippen LogP contribution in [0.25, 0.3) is 0 Å². The van der Waals surface area contributed by atoms with Crippen molar-refractivity contribution >= 4 is 0 Å². The van der Waals surface area contributed by atoms with E-state index in [1.165, 1.54) is 0 Å². The summed E-state index contributed by atoms with van der Waals surface area (Å²) in [5.41, 5.74) is 9.15. The van der Waals surface area contributed by atoms with Crippen molar-refractivity contribution < 1.29 is 0 Å². The lowest BCUT2D eigenvalue weighted by molar-refractivity contribution is 0.580. The maximum atomic E-state index is 5.84. The normalized spacial score (nSPS) is 13.0. The third-order valence-corrected chi connectivity index (χ3v) is 2.96. The van der Waals surface area contributed by atoms with Gasteiger partial charge in [0.15, 0.2) is 0 Å². The van der Waals surface area contributed by atoms with Crippen LogP contribution in [0.1, 0.15) is 23.0 Å². The number of aromatic nitrogens is 4. The Labute approximate surface area is 94.9 Å². The number of nitrogens with zero attached hydrogens (tertiary/aromatic N) is 4. The highest BCUT2D eigenvalue weighted by Gasteiger charge is 2.16. The van der Waals surface area contributed by atoms with Gasteiger partial charge < -0.3 is 10.3 Å². The molecule has 2 rings (SSSR count). The highest BCUT2D eigenvalue weighted by Crippen LogP contribution is 2.19. The van der Waals surface area contributed by atoms with E-state index in [1.54, 1.807) is 4.68 Å². The summed E-state index contributed by atoms with van der Waals surface area (Å²) in [6.07, 6.45) is 5.69. The third kappa shape index (κ3) is 1.74. The summed E-state index contributed by atoms with van der Waals surface area (Å²) < 4.78 is 3.89. The predicted molar refractivity (Wildman–Crippen MR) is 62.1 cm³/mol. The van der Waals surface area contributed by atoms with E-state index >= 15 is 0 Å². The van der Waals surface area contributed by atoms with Crippen molar-refractivity contribution in [3.05, 3.63) is 35.7 Å². The summed E-state index contributed by atoms with van der Waals surface area (Å²) >= 11 is 0. The van der Waals surface area contributed by atoms with Gasteiger partial charge in [-0.15, -0.1) is 0 Å². The standard InChI is InChI=1S/C11H17N5/c1-8-9(2)16(7-13-8)11(4-12)10-5-14-15(3)6-10/h5-7,11H,4,12H2,1-3H3. The van der Waals surface area contributed by atoms with Gasteiger partial charge in [0.2, 0.25) is 0 Å². The van der Waals surface area contributed by atoms with E-state index in [9.17, 15) is 0 Å². The number of hydrogen-bond acceptors (Lipinski definition) is 3. The Kier molecular flexibility index (Phi) is 2.78. The van der Waals surface area contributed by atoms with Gasteiger partial charge in [-0.05, 0) is 13.8 Å². The second-order valence-corrected chi connectivity index (χ2v) is 4.02. The molecule has 5 heteroatoms.